The predicted molar refractivity (Wildman–Crippen MR) is 171 cm³/mol. The average Bonchev–Trinajstić information content (AvgIpc) is 3.33. The Labute approximate surface area is 266 Å². The van der Waals surface area contributed by atoms with E-state index in [1.54, 1.807) is 0 Å². The first-order valence-corrected chi connectivity index (χ1v) is 16.7. The van der Waals surface area contributed by atoms with Crippen LogP contribution in [0.3, 0.4) is 0 Å². The summed E-state index contributed by atoms with van der Waals surface area (Å²) in [5.41, 5.74) is 14.4. The van der Waals surface area contributed by atoms with E-state index in [4.69, 9.17) is 25.7 Å². The quantitative estimate of drug-likeness (QED) is 0.148. The number of ketones is 1. The molecule has 1 aliphatic heterocycles. The second-order valence-electron chi connectivity index (χ2n) is 15.1. The van der Waals surface area contributed by atoms with Gasteiger partial charge in [-0.25, -0.2) is 14.6 Å². The molecule has 3 saturated carbocycles. The Morgan fingerprint density at radius 1 is 0.978 bits per heavy atom. The lowest BCUT2D eigenvalue weighted by atomic mass is 9.48. The number of nitrogens with two attached hydrogens (primary N) is 2. The number of hydrogen-bond donors (Lipinski definition) is 2. The maximum absolute atomic E-state index is 14.0. The second kappa shape index (κ2) is 11.2. The summed E-state index contributed by atoms with van der Waals surface area (Å²) >= 11 is 0. The fraction of sp³-hybridized carbons (Fsp3) is 0.667. The first kappa shape index (κ1) is 31.6. The van der Waals surface area contributed by atoms with Crippen LogP contribution in [0.25, 0.3) is 0 Å². The average molecular weight is 620 g/mol. The largest absolute Gasteiger partial charge is 0.475 e. The van der Waals surface area contributed by atoms with Crippen LogP contribution < -0.4 is 20.9 Å². The Morgan fingerprint density at radius 2 is 1.73 bits per heavy atom. The summed E-state index contributed by atoms with van der Waals surface area (Å²) in [4.78, 5) is 42.4. The highest BCUT2D eigenvalue weighted by Crippen LogP contribution is 2.65. The first-order valence-electron chi connectivity index (χ1n) is 16.7. The molecule has 4 N–H and O–H groups in total. The smallest absolute Gasteiger partial charge is 0.350 e. The van der Waals surface area contributed by atoms with Gasteiger partial charge in [0.1, 0.15) is 29.9 Å². The van der Waals surface area contributed by atoms with Crippen LogP contribution >= 0.6 is 0 Å². The van der Waals surface area contributed by atoms with Crippen LogP contribution in [-0.2, 0) is 25.5 Å². The van der Waals surface area contributed by atoms with Crippen LogP contribution in [0.5, 0.6) is 11.5 Å². The van der Waals surface area contributed by atoms with Gasteiger partial charge in [0.2, 0.25) is 5.60 Å². The van der Waals surface area contributed by atoms with Gasteiger partial charge in [-0.15, -0.1) is 0 Å². The zero-order valence-corrected chi connectivity index (χ0v) is 27.7. The fourth-order valence-electron chi connectivity index (χ4n) is 9.71. The highest BCUT2D eigenvalue weighted by Gasteiger charge is 2.60. The maximum Gasteiger partial charge on any atom is 0.350 e. The van der Waals surface area contributed by atoms with Crippen LogP contribution in [0, 0.1) is 49.4 Å². The van der Waals surface area contributed by atoms with Gasteiger partial charge < -0.3 is 25.7 Å². The summed E-state index contributed by atoms with van der Waals surface area (Å²) in [5, 5.41) is 0. The Hall–Kier alpha value is -3.36. The molecule has 7 unspecified atom stereocenters. The third-order valence-corrected chi connectivity index (χ3v) is 12.6. The van der Waals surface area contributed by atoms with E-state index >= 15 is 0 Å². The lowest BCUT2D eigenvalue weighted by Gasteiger charge is -2.57. The number of guanidine groups is 1. The van der Waals surface area contributed by atoms with Crippen molar-refractivity contribution in [2.75, 3.05) is 6.54 Å². The Kier molecular flexibility index (Phi) is 7.84. The molecule has 244 valence electrons. The summed E-state index contributed by atoms with van der Waals surface area (Å²) in [6.45, 7) is 12.0. The van der Waals surface area contributed by atoms with E-state index in [0.717, 1.165) is 60.8 Å². The first-order chi connectivity index (χ1) is 21.2. The van der Waals surface area contributed by atoms with E-state index in [9.17, 15) is 14.4 Å². The van der Waals surface area contributed by atoms with Crippen molar-refractivity contribution in [3.05, 3.63) is 33.9 Å². The van der Waals surface area contributed by atoms with Gasteiger partial charge in [-0.1, -0.05) is 25.5 Å². The number of ether oxygens (including phenoxy) is 3. The van der Waals surface area contributed by atoms with Crippen molar-refractivity contribution < 1.29 is 28.6 Å². The molecule has 1 aromatic rings. The van der Waals surface area contributed by atoms with Crippen molar-refractivity contribution in [3.8, 4) is 11.5 Å². The van der Waals surface area contributed by atoms with E-state index < -0.39 is 11.6 Å². The Bertz CT molecular complexity index is 1510. The molecular formula is C36H49N3O6. The zero-order chi connectivity index (χ0) is 32.5. The van der Waals surface area contributed by atoms with E-state index in [0.29, 0.717) is 60.7 Å². The highest BCUT2D eigenvalue weighted by molar-refractivity contribution is 5.83. The van der Waals surface area contributed by atoms with Gasteiger partial charge in [0.25, 0.3) is 0 Å². The molecule has 6 rings (SSSR count). The van der Waals surface area contributed by atoms with Crippen molar-refractivity contribution in [2.24, 2.45) is 45.0 Å². The molecule has 7 atom stereocenters. The normalized spacial score (nSPS) is 35.1. The Balaban J connectivity index is 1.17. The number of esters is 2. The van der Waals surface area contributed by atoms with Crippen LogP contribution in [0.2, 0.25) is 0 Å². The van der Waals surface area contributed by atoms with Crippen LogP contribution in [0.15, 0.2) is 16.6 Å². The minimum Gasteiger partial charge on any atom is -0.475 e. The monoisotopic (exact) mass is 619 g/mol. The molecule has 0 amide bonds. The summed E-state index contributed by atoms with van der Waals surface area (Å²) in [7, 11) is 0. The SMILES string of the molecule is Cc1c(C)c2c(c(C)c1OC(=O)CN=C(N)N)CCC(C)(C(=O)OC1CCC3C4CC=C5CC(=O)CCC5(C)C4CCC13C)O2. The lowest BCUT2D eigenvalue weighted by molar-refractivity contribution is -0.177. The van der Waals surface area contributed by atoms with E-state index in [1.807, 2.05) is 27.7 Å². The second-order valence-corrected chi connectivity index (χ2v) is 15.1. The van der Waals surface area contributed by atoms with Crippen molar-refractivity contribution in [1.29, 1.82) is 0 Å². The molecule has 4 aliphatic carbocycles. The molecule has 0 bridgehead atoms. The molecule has 1 aromatic carbocycles. The van der Waals surface area contributed by atoms with Gasteiger partial charge in [0.05, 0.1) is 0 Å². The predicted octanol–water partition coefficient (Wildman–Crippen LogP) is 5.32. The molecule has 0 spiro atoms. The van der Waals surface area contributed by atoms with Gasteiger partial charge >= 0.3 is 11.9 Å². The van der Waals surface area contributed by atoms with E-state index in [-0.39, 0.29) is 35.4 Å². The van der Waals surface area contributed by atoms with Gasteiger partial charge in [0, 0.05) is 30.2 Å². The van der Waals surface area contributed by atoms with Crippen molar-refractivity contribution in [1.82, 2.24) is 0 Å². The number of carbonyl (C=O) groups excluding carboxylic acids is 3. The van der Waals surface area contributed by atoms with E-state index in [1.165, 1.54) is 5.57 Å². The fourth-order valence-corrected chi connectivity index (χ4v) is 9.71. The number of Topliss-reactive ketones (excluding diaryl/α,β-unsaturated/α-hetero) is 1. The van der Waals surface area contributed by atoms with Gasteiger partial charge in [-0.3, -0.25) is 4.79 Å². The number of allylic oxidation sites excluding steroid dienone is 2. The van der Waals surface area contributed by atoms with Crippen LogP contribution in [0.1, 0.15) is 101 Å². The summed E-state index contributed by atoms with van der Waals surface area (Å²) in [6.07, 6.45) is 10.7. The zero-order valence-electron chi connectivity index (χ0n) is 27.7. The number of carbonyl (C=O) groups is 3. The molecule has 0 radical (unpaired) electrons. The number of aliphatic imine (C=N–C) groups is 1. The minimum absolute atomic E-state index is 0.0631. The Morgan fingerprint density at radius 3 is 2.47 bits per heavy atom. The topological polar surface area (TPSA) is 143 Å². The van der Waals surface area contributed by atoms with Gasteiger partial charge in [-0.05, 0) is 112 Å². The van der Waals surface area contributed by atoms with Crippen molar-refractivity contribution in [3.63, 3.8) is 0 Å². The molecule has 0 aromatic heterocycles. The highest BCUT2D eigenvalue weighted by atomic mass is 16.6. The van der Waals surface area contributed by atoms with Crippen molar-refractivity contribution >= 4 is 23.7 Å². The lowest BCUT2D eigenvalue weighted by Crippen LogP contribution is -2.53. The van der Waals surface area contributed by atoms with Gasteiger partial charge in [0.15, 0.2) is 5.96 Å². The standard InChI is InChI=1S/C36H49N3O6/c1-19-20(2)31-24(21(3)30(19)44-29(41)18-39-33(37)38)12-16-36(6,45-31)32(42)43-28-10-9-26-25-8-7-22-17-23(40)11-14-34(22,4)27(25)13-15-35(26,28)5/h7,25-28H,8-18H2,1-6H3,(H4,37,38,39). The molecule has 3 fully saturated rings. The molecule has 1 heterocycles. The number of rotatable bonds is 5. The number of benzene rings is 1. The maximum atomic E-state index is 14.0. The molecule has 9 nitrogen and oxygen atoms in total. The van der Waals surface area contributed by atoms with E-state index in [2.05, 4.69) is 24.9 Å². The molecule has 9 heteroatoms. The molecular weight excluding hydrogens is 570 g/mol. The number of hydrogen-bond acceptors (Lipinski definition) is 7. The number of fused-ring (bicyclic) bond motifs is 6. The summed E-state index contributed by atoms with van der Waals surface area (Å²) < 4.78 is 18.7. The summed E-state index contributed by atoms with van der Waals surface area (Å²) in [5.74, 6) is 2.18. The third-order valence-electron chi connectivity index (χ3n) is 12.6. The molecule has 0 saturated heterocycles. The molecule has 45 heavy (non-hydrogen) atoms. The van der Waals surface area contributed by atoms with Crippen LogP contribution in [-0.4, -0.2) is 41.9 Å². The number of nitrogens with zero attached hydrogens (tertiary/aromatic N) is 1. The minimum atomic E-state index is -1.11. The molecule has 5 aliphatic rings. The van der Waals surface area contributed by atoms with Crippen molar-refractivity contribution in [2.45, 2.75) is 117 Å². The third kappa shape index (κ3) is 5.14. The van der Waals surface area contributed by atoms with Crippen LogP contribution in [0.4, 0.5) is 0 Å². The summed E-state index contributed by atoms with van der Waals surface area (Å²) in [6, 6.07) is 0. The van der Waals surface area contributed by atoms with Gasteiger partial charge in [-0.2, -0.15) is 0 Å².